The number of carboxylic acids is 1. The highest BCUT2D eigenvalue weighted by Crippen LogP contribution is 2.23. The molecule has 4 N–H and O–H groups in total. The van der Waals surface area contributed by atoms with Crippen LogP contribution in [0, 0.1) is 0 Å². The first-order chi connectivity index (χ1) is 8.66. The Bertz CT molecular complexity index is 465. The Balaban J connectivity index is 2.86. The lowest BCUT2D eigenvalue weighted by molar-refractivity contribution is -0.137. The predicted molar refractivity (Wildman–Crippen MR) is 64.1 cm³/mol. The fourth-order valence-electron chi connectivity index (χ4n) is 1.85. The van der Waals surface area contributed by atoms with Crippen LogP contribution < -0.4 is 5.73 Å². The first kappa shape index (κ1) is 15.8. The molecular formula is C9H17N3O6S. The van der Waals surface area contributed by atoms with Gasteiger partial charge < -0.3 is 15.9 Å². The molecule has 1 amide bonds. The van der Waals surface area contributed by atoms with E-state index in [0.29, 0.717) is 0 Å². The van der Waals surface area contributed by atoms with Gasteiger partial charge in [0.1, 0.15) is 6.04 Å². The van der Waals surface area contributed by atoms with E-state index in [0.717, 1.165) is 8.61 Å². The Hall–Kier alpha value is -1.23. The van der Waals surface area contributed by atoms with Gasteiger partial charge in [-0.05, 0) is 0 Å². The van der Waals surface area contributed by atoms with Crippen LogP contribution in [0.2, 0.25) is 0 Å². The lowest BCUT2D eigenvalue weighted by Crippen LogP contribution is -2.49. The zero-order valence-corrected chi connectivity index (χ0v) is 11.2. The van der Waals surface area contributed by atoms with Crippen molar-refractivity contribution in [2.45, 2.75) is 25.0 Å². The van der Waals surface area contributed by atoms with Gasteiger partial charge in [0.05, 0.1) is 12.5 Å². The maximum absolute atomic E-state index is 12.1. The molecule has 1 saturated heterocycles. The molecule has 19 heavy (non-hydrogen) atoms. The number of nitrogens with two attached hydrogens (primary N) is 1. The number of hydrogen-bond donors (Lipinski definition) is 3. The minimum absolute atomic E-state index is 0.0542. The Morgan fingerprint density at radius 2 is 2.05 bits per heavy atom. The summed E-state index contributed by atoms with van der Waals surface area (Å²) < 4.78 is 25.9. The summed E-state index contributed by atoms with van der Waals surface area (Å²) in [6.45, 7) is -0.455. The second-order valence-corrected chi connectivity index (χ2v) is 6.34. The summed E-state index contributed by atoms with van der Waals surface area (Å²) in [5.41, 5.74) is 5.10. The van der Waals surface area contributed by atoms with Crippen molar-refractivity contribution < 1.29 is 28.2 Å². The molecule has 0 aromatic heterocycles. The molecule has 0 aromatic rings. The molecule has 10 heteroatoms. The normalized spacial score (nSPS) is 24.8. The highest BCUT2D eigenvalue weighted by Gasteiger charge is 2.43. The number of rotatable bonds is 6. The number of nitrogens with zero attached hydrogens (tertiary/aromatic N) is 2. The second-order valence-electron chi connectivity index (χ2n) is 4.35. The van der Waals surface area contributed by atoms with E-state index >= 15 is 0 Å². The van der Waals surface area contributed by atoms with E-state index in [1.54, 1.807) is 0 Å². The maximum atomic E-state index is 12.1. The SMILES string of the molecule is CN(CCC(=O)O)S(=O)(=O)N1CC(O)CC1C(N)=O. The molecule has 1 fully saturated rings. The molecule has 2 atom stereocenters. The summed E-state index contributed by atoms with van der Waals surface area (Å²) in [5.74, 6) is -1.97. The van der Waals surface area contributed by atoms with Gasteiger partial charge in [0.15, 0.2) is 0 Å². The minimum atomic E-state index is -4.02. The van der Waals surface area contributed by atoms with Crippen molar-refractivity contribution in [3.8, 4) is 0 Å². The number of aliphatic hydroxyl groups excluding tert-OH is 1. The summed E-state index contributed by atoms with van der Waals surface area (Å²) in [5, 5.41) is 18.0. The molecule has 0 spiro atoms. The topological polar surface area (TPSA) is 141 Å². The van der Waals surface area contributed by atoms with E-state index in [-0.39, 0.29) is 25.9 Å². The molecule has 0 aromatic carbocycles. The Morgan fingerprint density at radius 3 is 2.53 bits per heavy atom. The maximum Gasteiger partial charge on any atom is 0.304 e. The van der Waals surface area contributed by atoms with Gasteiger partial charge >= 0.3 is 5.97 Å². The van der Waals surface area contributed by atoms with Crippen molar-refractivity contribution in [1.29, 1.82) is 0 Å². The van der Waals surface area contributed by atoms with E-state index in [1.165, 1.54) is 7.05 Å². The molecule has 0 aliphatic carbocycles. The number of carbonyl (C=O) groups excluding carboxylic acids is 1. The number of hydrogen-bond acceptors (Lipinski definition) is 5. The molecule has 0 saturated carbocycles. The average molecular weight is 295 g/mol. The monoisotopic (exact) mass is 295 g/mol. The summed E-state index contributed by atoms with van der Waals surface area (Å²) in [7, 11) is -2.81. The first-order valence-corrected chi connectivity index (χ1v) is 6.98. The molecule has 1 aliphatic heterocycles. The van der Waals surface area contributed by atoms with Crippen molar-refractivity contribution >= 4 is 22.1 Å². The smallest absolute Gasteiger partial charge is 0.304 e. The van der Waals surface area contributed by atoms with Crippen LogP contribution >= 0.6 is 0 Å². The predicted octanol–water partition coefficient (Wildman–Crippen LogP) is -2.44. The Morgan fingerprint density at radius 1 is 1.47 bits per heavy atom. The summed E-state index contributed by atoms with van der Waals surface area (Å²) in [6, 6.07) is -1.10. The van der Waals surface area contributed by atoms with Gasteiger partial charge in [0.2, 0.25) is 5.91 Å². The number of primary amides is 1. The molecule has 1 rings (SSSR count). The van der Waals surface area contributed by atoms with Crippen molar-refractivity contribution in [3.05, 3.63) is 0 Å². The van der Waals surface area contributed by atoms with Gasteiger partial charge in [0, 0.05) is 26.6 Å². The van der Waals surface area contributed by atoms with Gasteiger partial charge in [-0.2, -0.15) is 17.0 Å². The number of carboxylic acid groups (broad SMARTS) is 1. The molecule has 9 nitrogen and oxygen atoms in total. The molecule has 0 bridgehead atoms. The van der Waals surface area contributed by atoms with Crippen molar-refractivity contribution in [2.75, 3.05) is 20.1 Å². The van der Waals surface area contributed by atoms with Crippen LogP contribution in [0.15, 0.2) is 0 Å². The third kappa shape index (κ3) is 3.62. The molecule has 1 aliphatic rings. The molecule has 1 heterocycles. The van der Waals surface area contributed by atoms with Crippen molar-refractivity contribution in [3.63, 3.8) is 0 Å². The molecular weight excluding hydrogens is 278 g/mol. The van der Waals surface area contributed by atoms with Gasteiger partial charge in [-0.15, -0.1) is 0 Å². The highest BCUT2D eigenvalue weighted by molar-refractivity contribution is 7.86. The minimum Gasteiger partial charge on any atom is -0.481 e. The third-order valence-corrected chi connectivity index (χ3v) is 4.86. The number of amides is 1. The number of carbonyl (C=O) groups is 2. The lowest BCUT2D eigenvalue weighted by Gasteiger charge is -2.26. The number of aliphatic hydroxyl groups is 1. The van der Waals surface area contributed by atoms with Crippen LogP contribution in [0.5, 0.6) is 0 Å². The van der Waals surface area contributed by atoms with Gasteiger partial charge in [0.25, 0.3) is 10.2 Å². The van der Waals surface area contributed by atoms with Gasteiger partial charge in [-0.1, -0.05) is 0 Å². The van der Waals surface area contributed by atoms with Crippen LogP contribution in [-0.2, 0) is 19.8 Å². The van der Waals surface area contributed by atoms with E-state index in [2.05, 4.69) is 0 Å². The quantitative estimate of drug-likeness (QED) is 0.497. The van der Waals surface area contributed by atoms with Gasteiger partial charge in [-0.3, -0.25) is 9.59 Å². The van der Waals surface area contributed by atoms with E-state index < -0.39 is 34.2 Å². The Labute approximate surface area is 110 Å². The highest BCUT2D eigenvalue weighted by atomic mass is 32.2. The van der Waals surface area contributed by atoms with E-state index in [9.17, 15) is 23.1 Å². The standard InChI is InChI=1S/C9H17N3O6S/c1-11(3-2-8(14)15)19(17,18)12-5-6(13)4-7(12)9(10)16/h6-7,13H,2-5H2,1H3,(H2,10,16)(H,14,15). The summed E-state index contributed by atoms with van der Waals surface area (Å²) >= 11 is 0. The van der Waals surface area contributed by atoms with E-state index in [1.807, 2.05) is 0 Å². The summed E-state index contributed by atoms with van der Waals surface area (Å²) in [6.07, 6.45) is -1.37. The largest absolute Gasteiger partial charge is 0.481 e. The van der Waals surface area contributed by atoms with Crippen LogP contribution in [0.25, 0.3) is 0 Å². The molecule has 110 valence electrons. The fourth-order valence-corrected chi connectivity index (χ4v) is 3.40. The van der Waals surface area contributed by atoms with Crippen LogP contribution in [0.1, 0.15) is 12.8 Å². The number of aliphatic carboxylic acids is 1. The fraction of sp³-hybridized carbons (Fsp3) is 0.778. The summed E-state index contributed by atoms with van der Waals surface area (Å²) in [4.78, 5) is 21.6. The lowest BCUT2D eigenvalue weighted by atomic mass is 10.2. The number of β-amino-alcohol motifs (C(OH)–C–C–N with tert-alkyl or cyclic N) is 1. The zero-order valence-electron chi connectivity index (χ0n) is 10.4. The Kier molecular flexibility index (Phi) is 4.85. The van der Waals surface area contributed by atoms with Crippen LogP contribution in [-0.4, -0.2) is 71.4 Å². The van der Waals surface area contributed by atoms with E-state index in [4.69, 9.17) is 10.8 Å². The van der Waals surface area contributed by atoms with Crippen LogP contribution in [0.3, 0.4) is 0 Å². The second kappa shape index (κ2) is 5.82. The van der Waals surface area contributed by atoms with Crippen LogP contribution in [0.4, 0.5) is 0 Å². The average Bonchev–Trinajstić information content (AvgIpc) is 2.68. The van der Waals surface area contributed by atoms with Crippen molar-refractivity contribution in [2.24, 2.45) is 5.73 Å². The molecule has 0 radical (unpaired) electrons. The van der Waals surface area contributed by atoms with Gasteiger partial charge in [-0.25, -0.2) is 0 Å². The molecule has 2 unspecified atom stereocenters. The third-order valence-electron chi connectivity index (χ3n) is 2.89. The van der Waals surface area contributed by atoms with Crippen molar-refractivity contribution in [1.82, 2.24) is 8.61 Å². The first-order valence-electron chi connectivity index (χ1n) is 5.58. The zero-order chi connectivity index (χ0) is 14.8.